The molecule has 1 aromatic carbocycles. The quantitative estimate of drug-likeness (QED) is 0.841. The number of sulfonamides is 1. The third-order valence-corrected chi connectivity index (χ3v) is 4.37. The van der Waals surface area contributed by atoms with Crippen molar-refractivity contribution in [2.75, 3.05) is 13.7 Å². The summed E-state index contributed by atoms with van der Waals surface area (Å²) in [4.78, 5) is 11.8. The van der Waals surface area contributed by atoms with E-state index in [1.54, 1.807) is 13.8 Å². The molecule has 0 atom stereocenters. The van der Waals surface area contributed by atoms with E-state index in [0.717, 1.165) is 6.07 Å². The smallest absolute Gasteiger partial charge is 0.251 e. The first-order valence-electron chi connectivity index (χ1n) is 5.81. The second-order valence-electron chi connectivity index (χ2n) is 5.09. The number of benzene rings is 1. The van der Waals surface area contributed by atoms with Crippen molar-refractivity contribution in [3.05, 3.63) is 27.7 Å². The number of methoxy groups -OCH3 is 1. The molecule has 1 rings (SSSR count). The summed E-state index contributed by atoms with van der Waals surface area (Å²) in [6.07, 6.45) is 0. The van der Waals surface area contributed by atoms with Gasteiger partial charge in [0, 0.05) is 12.7 Å². The first-order valence-corrected chi connectivity index (χ1v) is 8.11. The zero-order valence-electron chi connectivity index (χ0n) is 11.7. The molecule has 0 aliphatic rings. The highest BCUT2D eigenvalue weighted by Gasteiger charge is 2.24. The molecule has 3 N–H and O–H groups in total. The fourth-order valence-electron chi connectivity index (χ4n) is 1.68. The lowest BCUT2D eigenvalue weighted by atomic mass is 10.1. The Morgan fingerprint density at radius 2 is 1.95 bits per heavy atom. The van der Waals surface area contributed by atoms with Crippen molar-refractivity contribution in [1.29, 1.82) is 0 Å². The second kappa shape index (κ2) is 6.50. The van der Waals surface area contributed by atoms with Gasteiger partial charge in [0.05, 0.1) is 22.2 Å². The largest absolute Gasteiger partial charge is 0.382 e. The molecule has 118 valence electrons. The molecule has 0 aromatic heterocycles. The Hall–Kier alpha value is -0.860. The number of rotatable bonds is 5. The number of nitrogens with two attached hydrogens (primary N) is 1. The Morgan fingerprint density at radius 3 is 2.43 bits per heavy atom. The van der Waals surface area contributed by atoms with E-state index < -0.39 is 26.4 Å². The van der Waals surface area contributed by atoms with E-state index in [9.17, 15) is 13.2 Å². The van der Waals surface area contributed by atoms with Gasteiger partial charge in [0.2, 0.25) is 10.0 Å². The Labute approximate surface area is 133 Å². The Kier molecular flexibility index (Phi) is 5.63. The zero-order valence-corrected chi connectivity index (χ0v) is 14.1. The van der Waals surface area contributed by atoms with Gasteiger partial charge in [0.15, 0.2) is 0 Å². The number of primary sulfonamides is 1. The summed E-state index contributed by atoms with van der Waals surface area (Å²) >= 11 is 11.6. The summed E-state index contributed by atoms with van der Waals surface area (Å²) in [5.74, 6) is -0.513. The molecule has 0 saturated carbocycles. The number of carbonyl (C=O) groups is 1. The number of hydrogen-bond donors (Lipinski definition) is 2. The minimum atomic E-state index is -4.09. The average Bonchev–Trinajstić information content (AvgIpc) is 2.29. The van der Waals surface area contributed by atoms with E-state index in [2.05, 4.69) is 5.32 Å². The fraction of sp³-hybridized carbons (Fsp3) is 0.417. The summed E-state index contributed by atoms with van der Waals surface area (Å²) in [5.41, 5.74) is -0.600. The molecule has 9 heteroatoms. The van der Waals surface area contributed by atoms with Gasteiger partial charge in [0.1, 0.15) is 4.90 Å². The van der Waals surface area contributed by atoms with Gasteiger partial charge >= 0.3 is 0 Å². The molecular weight excluding hydrogens is 339 g/mol. The highest BCUT2D eigenvalue weighted by Crippen LogP contribution is 2.30. The van der Waals surface area contributed by atoms with E-state index in [0.29, 0.717) is 0 Å². The van der Waals surface area contributed by atoms with E-state index in [1.807, 2.05) is 0 Å². The molecule has 0 aliphatic heterocycles. The molecule has 0 radical (unpaired) electrons. The number of halogens is 2. The van der Waals surface area contributed by atoms with Gasteiger partial charge in [-0.1, -0.05) is 23.2 Å². The van der Waals surface area contributed by atoms with Crippen molar-refractivity contribution in [2.24, 2.45) is 5.14 Å². The van der Waals surface area contributed by atoms with Gasteiger partial charge in [-0.25, -0.2) is 13.6 Å². The minimum Gasteiger partial charge on any atom is -0.382 e. The summed E-state index contributed by atoms with van der Waals surface area (Å²) in [5, 5.41) is 7.46. The lowest BCUT2D eigenvalue weighted by Gasteiger charge is -2.25. The molecule has 0 unspecified atom stereocenters. The standard InChI is InChI=1S/C12H16Cl2N2O4S/c1-12(2,6-20-3)16-11(17)7-4-8(13)10(14)9(5-7)21(15,18)19/h4-5H,6H2,1-3H3,(H,16,17)(H2,15,18,19). The minimum absolute atomic E-state index is 0.0394. The Morgan fingerprint density at radius 1 is 1.38 bits per heavy atom. The molecule has 0 spiro atoms. The third kappa shape index (κ3) is 4.82. The van der Waals surface area contributed by atoms with Crippen LogP contribution in [0, 0.1) is 0 Å². The maximum Gasteiger partial charge on any atom is 0.251 e. The van der Waals surface area contributed by atoms with Gasteiger partial charge in [-0.2, -0.15) is 0 Å². The molecule has 1 aromatic rings. The topological polar surface area (TPSA) is 98.5 Å². The predicted molar refractivity (Wildman–Crippen MR) is 81.3 cm³/mol. The number of ether oxygens (including phenoxy) is 1. The first-order chi connectivity index (χ1) is 9.48. The van der Waals surface area contributed by atoms with E-state index in [-0.39, 0.29) is 22.2 Å². The van der Waals surface area contributed by atoms with Crippen LogP contribution in [0.2, 0.25) is 10.0 Å². The van der Waals surface area contributed by atoms with Crippen molar-refractivity contribution in [3.63, 3.8) is 0 Å². The SMILES string of the molecule is COCC(C)(C)NC(=O)c1cc(Cl)c(Cl)c(S(N)(=O)=O)c1. The van der Waals surface area contributed by atoms with Gasteiger partial charge in [-0.15, -0.1) is 0 Å². The predicted octanol–water partition coefficient (Wildman–Crippen LogP) is 1.80. The summed E-state index contributed by atoms with van der Waals surface area (Å²) in [7, 11) is -2.58. The summed E-state index contributed by atoms with van der Waals surface area (Å²) in [6, 6.07) is 2.36. The molecule has 21 heavy (non-hydrogen) atoms. The van der Waals surface area contributed by atoms with Gasteiger partial charge in [-0.3, -0.25) is 4.79 Å². The van der Waals surface area contributed by atoms with Crippen LogP contribution in [0.5, 0.6) is 0 Å². The van der Waals surface area contributed by atoms with E-state index in [4.69, 9.17) is 33.1 Å². The monoisotopic (exact) mass is 354 g/mol. The normalized spacial score (nSPS) is 12.3. The van der Waals surface area contributed by atoms with Crippen LogP contribution in [0.25, 0.3) is 0 Å². The maximum absolute atomic E-state index is 12.2. The zero-order chi connectivity index (χ0) is 16.4. The van der Waals surface area contributed by atoms with Crippen molar-refractivity contribution < 1.29 is 17.9 Å². The van der Waals surface area contributed by atoms with Crippen molar-refractivity contribution in [2.45, 2.75) is 24.3 Å². The van der Waals surface area contributed by atoms with Crippen molar-refractivity contribution in [1.82, 2.24) is 5.32 Å². The van der Waals surface area contributed by atoms with E-state index >= 15 is 0 Å². The third-order valence-electron chi connectivity index (χ3n) is 2.52. The van der Waals surface area contributed by atoms with Crippen LogP contribution in [-0.4, -0.2) is 33.6 Å². The Balaban J connectivity index is 3.21. The summed E-state index contributed by atoms with van der Waals surface area (Å²) in [6.45, 7) is 3.79. The van der Waals surface area contributed by atoms with Crippen LogP contribution in [-0.2, 0) is 14.8 Å². The van der Waals surface area contributed by atoms with E-state index in [1.165, 1.54) is 13.2 Å². The highest BCUT2D eigenvalue weighted by atomic mass is 35.5. The van der Waals surface area contributed by atoms with Crippen LogP contribution in [0.3, 0.4) is 0 Å². The van der Waals surface area contributed by atoms with Crippen LogP contribution >= 0.6 is 23.2 Å². The first kappa shape index (κ1) is 18.2. The molecule has 6 nitrogen and oxygen atoms in total. The second-order valence-corrected chi connectivity index (χ2v) is 7.40. The van der Waals surface area contributed by atoms with Gasteiger partial charge in [-0.05, 0) is 26.0 Å². The van der Waals surface area contributed by atoms with Crippen molar-refractivity contribution >= 4 is 39.1 Å². The number of carbonyl (C=O) groups excluding carboxylic acids is 1. The molecule has 1 amide bonds. The molecule has 0 bridgehead atoms. The molecular formula is C12H16Cl2N2O4S. The van der Waals surface area contributed by atoms with Crippen LogP contribution in [0.1, 0.15) is 24.2 Å². The fourth-order valence-corrected chi connectivity index (χ4v) is 3.04. The average molecular weight is 355 g/mol. The number of amides is 1. The van der Waals surface area contributed by atoms with Crippen LogP contribution in [0.4, 0.5) is 0 Å². The summed E-state index contributed by atoms with van der Waals surface area (Å²) < 4.78 is 27.9. The molecule has 0 saturated heterocycles. The van der Waals surface area contributed by atoms with Crippen molar-refractivity contribution in [3.8, 4) is 0 Å². The highest BCUT2D eigenvalue weighted by molar-refractivity contribution is 7.89. The van der Waals surface area contributed by atoms with Gasteiger partial charge < -0.3 is 10.1 Å². The van der Waals surface area contributed by atoms with Crippen LogP contribution in [0.15, 0.2) is 17.0 Å². The molecule has 0 heterocycles. The number of hydrogen-bond acceptors (Lipinski definition) is 4. The molecule has 0 fully saturated rings. The lowest BCUT2D eigenvalue weighted by Crippen LogP contribution is -2.46. The Bertz CT molecular complexity index is 659. The van der Waals surface area contributed by atoms with Gasteiger partial charge in [0.25, 0.3) is 5.91 Å². The number of nitrogens with one attached hydrogen (secondary N) is 1. The molecule has 0 aliphatic carbocycles. The lowest BCUT2D eigenvalue weighted by molar-refractivity contribution is 0.0820. The maximum atomic E-state index is 12.2. The van der Waals surface area contributed by atoms with Crippen LogP contribution < -0.4 is 10.5 Å².